The fourth-order valence-corrected chi connectivity index (χ4v) is 6.72. The molecule has 1 aliphatic heterocycles. The Morgan fingerprint density at radius 1 is 1.12 bits per heavy atom. The fourth-order valence-electron chi connectivity index (χ4n) is 4.51. The SMILES string of the molecule is CCOCCOc1c(N2CCN(S(=O)(=O)C3CCCC3)CC2)cnn(-c2cccc(Cl)c2)c1=O. The minimum absolute atomic E-state index is 0.168. The van der Waals surface area contributed by atoms with E-state index in [1.54, 1.807) is 34.8 Å². The van der Waals surface area contributed by atoms with Crippen molar-refractivity contribution < 1.29 is 17.9 Å². The molecule has 9 nitrogen and oxygen atoms in total. The molecule has 2 heterocycles. The molecule has 11 heteroatoms. The van der Waals surface area contributed by atoms with Gasteiger partial charge in [0, 0.05) is 37.8 Å². The lowest BCUT2D eigenvalue weighted by Crippen LogP contribution is -2.51. The molecule has 1 saturated heterocycles. The van der Waals surface area contributed by atoms with Crippen LogP contribution in [0, 0.1) is 0 Å². The van der Waals surface area contributed by atoms with Gasteiger partial charge in [-0.15, -0.1) is 0 Å². The van der Waals surface area contributed by atoms with E-state index in [-0.39, 0.29) is 17.6 Å². The number of aromatic nitrogens is 2. The van der Waals surface area contributed by atoms with Crippen LogP contribution in [0.15, 0.2) is 35.3 Å². The maximum atomic E-state index is 13.4. The molecule has 0 N–H and O–H groups in total. The van der Waals surface area contributed by atoms with Gasteiger partial charge in [-0.3, -0.25) is 4.79 Å². The van der Waals surface area contributed by atoms with Gasteiger partial charge in [0.2, 0.25) is 15.8 Å². The Morgan fingerprint density at radius 3 is 2.53 bits per heavy atom. The monoisotopic (exact) mass is 510 g/mol. The van der Waals surface area contributed by atoms with Crippen molar-refractivity contribution in [3.63, 3.8) is 0 Å². The Bertz CT molecular complexity index is 1140. The van der Waals surface area contributed by atoms with Gasteiger partial charge < -0.3 is 14.4 Å². The first-order valence-electron chi connectivity index (χ1n) is 11.7. The van der Waals surface area contributed by atoms with Gasteiger partial charge in [0.05, 0.1) is 23.7 Å². The molecule has 1 saturated carbocycles. The first-order valence-corrected chi connectivity index (χ1v) is 13.6. The second-order valence-electron chi connectivity index (χ2n) is 8.44. The molecule has 2 fully saturated rings. The van der Waals surface area contributed by atoms with Gasteiger partial charge in [0.15, 0.2) is 0 Å². The van der Waals surface area contributed by atoms with Gasteiger partial charge in [0.1, 0.15) is 12.3 Å². The average molecular weight is 511 g/mol. The Morgan fingerprint density at radius 2 is 1.85 bits per heavy atom. The number of sulfonamides is 1. The van der Waals surface area contributed by atoms with Crippen molar-refractivity contribution >= 4 is 27.3 Å². The predicted molar refractivity (Wildman–Crippen MR) is 132 cm³/mol. The van der Waals surface area contributed by atoms with E-state index in [1.807, 2.05) is 11.8 Å². The van der Waals surface area contributed by atoms with Gasteiger partial charge in [-0.25, -0.2) is 8.42 Å². The Hall–Kier alpha value is -2.14. The number of rotatable bonds is 9. The van der Waals surface area contributed by atoms with Crippen LogP contribution < -0.4 is 15.2 Å². The molecule has 4 rings (SSSR count). The van der Waals surface area contributed by atoms with Crippen molar-refractivity contribution in [2.24, 2.45) is 0 Å². The number of hydrogen-bond acceptors (Lipinski definition) is 7. The Kier molecular flexibility index (Phi) is 8.13. The molecule has 1 aromatic carbocycles. The highest BCUT2D eigenvalue weighted by Crippen LogP contribution is 2.30. The zero-order chi connectivity index (χ0) is 24.1. The maximum absolute atomic E-state index is 13.4. The lowest BCUT2D eigenvalue weighted by atomic mass is 10.3. The van der Waals surface area contributed by atoms with Crippen LogP contribution in [0.4, 0.5) is 5.69 Å². The Labute approximate surface area is 205 Å². The maximum Gasteiger partial charge on any atom is 0.316 e. The molecule has 1 aliphatic carbocycles. The molecular weight excluding hydrogens is 480 g/mol. The van der Waals surface area contributed by atoms with Gasteiger partial charge in [-0.2, -0.15) is 14.1 Å². The number of ether oxygens (including phenoxy) is 2. The standard InChI is InChI=1S/C23H31ClN4O5S/c1-2-32-14-15-33-22-21(17-25-28(23(22)29)19-7-5-6-18(24)16-19)26-10-12-27(13-11-26)34(30,31)20-8-3-4-9-20/h5-7,16-17,20H,2-4,8-15H2,1H3. The number of nitrogens with zero attached hydrogens (tertiary/aromatic N) is 4. The van der Waals surface area contributed by atoms with Crippen LogP contribution in [0.3, 0.4) is 0 Å². The van der Waals surface area contributed by atoms with Crippen molar-refractivity contribution in [3.05, 3.63) is 45.8 Å². The first-order chi connectivity index (χ1) is 16.4. The molecule has 2 aliphatic rings. The third kappa shape index (κ3) is 5.40. The van der Waals surface area contributed by atoms with E-state index < -0.39 is 15.6 Å². The van der Waals surface area contributed by atoms with Gasteiger partial charge in [-0.05, 0) is 38.0 Å². The molecule has 0 amide bonds. The largest absolute Gasteiger partial charge is 0.484 e. The molecule has 0 spiro atoms. The number of anilines is 1. The van der Waals surface area contributed by atoms with Crippen molar-refractivity contribution in [1.29, 1.82) is 0 Å². The van der Waals surface area contributed by atoms with Crippen molar-refractivity contribution in [3.8, 4) is 11.4 Å². The highest BCUT2D eigenvalue weighted by atomic mass is 35.5. The minimum Gasteiger partial charge on any atom is -0.484 e. The topological polar surface area (TPSA) is 94.0 Å². The first kappa shape index (κ1) is 25.0. The number of hydrogen-bond donors (Lipinski definition) is 0. The zero-order valence-electron chi connectivity index (χ0n) is 19.4. The quantitative estimate of drug-likeness (QED) is 0.479. The van der Waals surface area contributed by atoms with E-state index in [1.165, 1.54) is 4.68 Å². The lowest BCUT2D eigenvalue weighted by molar-refractivity contribution is 0.109. The van der Waals surface area contributed by atoms with Crippen molar-refractivity contribution in [1.82, 2.24) is 14.1 Å². The number of halogens is 1. The van der Waals surface area contributed by atoms with Crippen LogP contribution in [-0.4, -0.2) is 73.8 Å². The summed E-state index contributed by atoms with van der Waals surface area (Å²) in [6.45, 7) is 4.66. The second kappa shape index (κ2) is 11.1. The van der Waals surface area contributed by atoms with E-state index in [2.05, 4.69) is 5.10 Å². The van der Waals surface area contributed by atoms with E-state index in [4.69, 9.17) is 21.1 Å². The van der Waals surface area contributed by atoms with E-state index in [0.717, 1.165) is 25.7 Å². The highest BCUT2D eigenvalue weighted by Gasteiger charge is 2.36. The van der Waals surface area contributed by atoms with E-state index in [0.29, 0.717) is 55.8 Å². The molecule has 0 atom stereocenters. The average Bonchev–Trinajstić information content (AvgIpc) is 3.39. The predicted octanol–water partition coefficient (Wildman–Crippen LogP) is 2.70. The highest BCUT2D eigenvalue weighted by molar-refractivity contribution is 7.89. The summed E-state index contributed by atoms with van der Waals surface area (Å²) in [7, 11) is -3.29. The van der Waals surface area contributed by atoms with Gasteiger partial charge >= 0.3 is 5.56 Å². The summed E-state index contributed by atoms with van der Waals surface area (Å²) in [6.07, 6.45) is 5.03. The molecule has 2 aromatic rings. The van der Waals surface area contributed by atoms with Gasteiger partial charge in [0.25, 0.3) is 0 Å². The molecule has 0 unspecified atom stereocenters. The zero-order valence-corrected chi connectivity index (χ0v) is 20.9. The van der Waals surface area contributed by atoms with Crippen LogP contribution in [-0.2, 0) is 14.8 Å². The summed E-state index contributed by atoms with van der Waals surface area (Å²) in [6, 6.07) is 6.88. The Balaban J connectivity index is 1.57. The van der Waals surface area contributed by atoms with Crippen LogP contribution in [0.2, 0.25) is 5.02 Å². The van der Waals surface area contributed by atoms with E-state index >= 15 is 0 Å². The molecule has 0 radical (unpaired) electrons. The summed E-state index contributed by atoms with van der Waals surface area (Å²) >= 11 is 6.10. The third-order valence-electron chi connectivity index (χ3n) is 6.31. The summed E-state index contributed by atoms with van der Waals surface area (Å²) in [5.41, 5.74) is 0.682. The van der Waals surface area contributed by atoms with Crippen LogP contribution in [0.5, 0.6) is 5.75 Å². The van der Waals surface area contributed by atoms with Gasteiger partial charge in [-0.1, -0.05) is 30.5 Å². The van der Waals surface area contributed by atoms with Crippen molar-refractivity contribution in [2.75, 3.05) is 50.9 Å². The van der Waals surface area contributed by atoms with Crippen LogP contribution >= 0.6 is 11.6 Å². The molecule has 34 heavy (non-hydrogen) atoms. The minimum atomic E-state index is -3.29. The summed E-state index contributed by atoms with van der Waals surface area (Å²) in [5.74, 6) is 0.168. The molecule has 0 bridgehead atoms. The summed E-state index contributed by atoms with van der Waals surface area (Å²) in [5, 5.41) is 4.59. The third-order valence-corrected chi connectivity index (χ3v) is 8.94. The number of benzene rings is 1. The van der Waals surface area contributed by atoms with Crippen LogP contribution in [0.1, 0.15) is 32.6 Å². The molecule has 1 aromatic heterocycles. The molecular formula is C23H31ClN4O5S. The smallest absolute Gasteiger partial charge is 0.316 e. The van der Waals surface area contributed by atoms with E-state index in [9.17, 15) is 13.2 Å². The second-order valence-corrected chi connectivity index (χ2v) is 11.1. The normalized spacial score (nSPS) is 17.9. The number of piperazine rings is 1. The van der Waals surface area contributed by atoms with Crippen LogP contribution in [0.25, 0.3) is 5.69 Å². The molecule has 186 valence electrons. The van der Waals surface area contributed by atoms with Crippen molar-refractivity contribution in [2.45, 2.75) is 37.9 Å². The lowest BCUT2D eigenvalue weighted by Gasteiger charge is -2.36. The summed E-state index contributed by atoms with van der Waals surface area (Å²) in [4.78, 5) is 15.3. The fraction of sp³-hybridized carbons (Fsp3) is 0.565. The summed E-state index contributed by atoms with van der Waals surface area (Å²) < 4.78 is 40.0.